The van der Waals surface area contributed by atoms with Gasteiger partial charge in [0, 0.05) is 49.8 Å². The highest BCUT2D eigenvalue weighted by Gasteiger charge is 2.51. The largest absolute Gasteiger partial charge is 0.462 e. The van der Waals surface area contributed by atoms with E-state index in [1.165, 1.54) is 0 Å². The molecule has 18 nitrogen and oxygen atoms in total. The van der Waals surface area contributed by atoms with Crippen molar-refractivity contribution in [3.8, 4) is 0 Å². The maximum Gasteiger partial charge on any atom is 0.308 e. The number of ether oxygens (including phenoxy) is 4. The SMILES string of the molecule is C[C@@H]1[C@H](O)[C@@H](C)/C=C/C=C/C=C/C=C/C=C/C=C/C=C/[C@H](O[C@@H]2O[C@H](C)[C@@H](O)[C@H](N)[C@@H]2O)C[C@@H]2O[C@](O)(C[C@@H](O)C[C@@H](O)[C@H](O)CC[C@@H](O)C[C@@H](O)CC(=O)O[C@H]1C)C[C@H](O)[C@H]2C(=O)NCCS. The monoisotopic (exact) mass is 983 g/mol. The number of hydrogen-bond donors (Lipinski definition) is 13. The molecule has 0 unspecified atom stereocenters. The molecule has 3 aliphatic heterocycles. The van der Waals surface area contributed by atoms with E-state index >= 15 is 0 Å². The third-order valence-electron chi connectivity index (χ3n) is 12.5. The lowest BCUT2D eigenvalue weighted by Gasteiger charge is -2.46. The Labute approximate surface area is 405 Å². The van der Waals surface area contributed by atoms with E-state index in [9.17, 15) is 60.7 Å². The predicted molar refractivity (Wildman–Crippen MR) is 256 cm³/mol. The van der Waals surface area contributed by atoms with E-state index in [-0.39, 0.29) is 43.9 Å². The van der Waals surface area contributed by atoms with Gasteiger partial charge in [0.2, 0.25) is 5.91 Å². The summed E-state index contributed by atoms with van der Waals surface area (Å²) < 4.78 is 23.6. The summed E-state index contributed by atoms with van der Waals surface area (Å²) in [4.78, 5) is 26.2. The number of esters is 1. The van der Waals surface area contributed by atoms with Gasteiger partial charge >= 0.3 is 5.97 Å². The van der Waals surface area contributed by atoms with Gasteiger partial charge in [-0.3, -0.25) is 9.59 Å². The van der Waals surface area contributed by atoms with Crippen molar-refractivity contribution in [3.05, 3.63) is 85.1 Å². The van der Waals surface area contributed by atoms with Gasteiger partial charge in [0.25, 0.3) is 0 Å². The van der Waals surface area contributed by atoms with Crippen LogP contribution in [0.4, 0.5) is 0 Å². The summed E-state index contributed by atoms with van der Waals surface area (Å²) in [5.41, 5.74) is 6.08. The standard InChI is InChI=1S/C49H78N2O16S/c1-29-17-15-13-11-9-7-5-6-8-10-12-14-16-18-36(66-48-46(61)43(50)45(60)32(4)65-48)26-40-42(47(62)51-21-22-68)39(57)28-49(63,67-40)27-35(54)24-38(56)37(55)20-19-33(52)23-34(53)25-41(58)64-31(3)30(2)44(29)59/h5-18,29-40,42-46,48,52-57,59-61,63,68H,19-28,50H2,1-4H3,(H,51,62)/b6-5+,9-7+,10-8+,13-11+,14-12+,17-15+,18-16+/t29-,30-,31-,32+,33+,34+,35-,36-,37+,38+,39-,40-,42+,43-,44+,45+,46-,48-,49+/m0/s1. The molecule has 19 atom stereocenters. The highest BCUT2D eigenvalue weighted by atomic mass is 32.1. The molecule has 0 radical (unpaired) electrons. The Balaban J connectivity index is 1.91. The summed E-state index contributed by atoms with van der Waals surface area (Å²) >= 11 is 4.16. The molecule has 3 rings (SSSR count). The summed E-state index contributed by atoms with van der Waals surface area (Å²) in [5, 5.41) is 112. The Morgan fingerprint density at radius 1 is 0.721 bits per heavy atom. The minimum Gasteiger partial charge on any atom is -0.462 e. The fourth-order valence-electron chi connectivity index (χ4n) is 8.29. The van der Waals surface area contributed by atoms with Crippen LogP contribution < -0.4 is 11.1 Å². The molecule has 0 saturated carbocycles. The zero-order valence-corrected chi connectivity index (χ0v) is 40.4. The van der Waals surface area contributed by atoms with Crippen molar-refractivity contribution >= 4 is 24.5 Å². The Bertz CT molecular complexity index is 1730. The molecule has 68 heavy (non-hydrogen) atoms. The number of carbonyl (C=O) groups is 2. The van der Waals surface area contributed by atoms with Crippen LogP contribution in [0.1, 0.15) is 79.1 Å². The van der Waals surface area contributed by atoms with Crippen molar-refractivity contribution in [1.29, 1.82) is 0 Å². The van der Waals surface area contributed by atoms with Crippen LogP contribution in [0.2, 0.25) is 0 Å². The Kier molecular flexibility index (Phi) is 26.1. The van der Waals surface area contributed by atoms with Crippen molar-refractivity contribution in [2.45, 2.75) is 177 Å². The third kappa shape index (κ3) is 20.0. The molecule has 0 aliphatic carbocycles. The zero-order chi connectivity index (χ0) is 50.6. The number of amides is 1. The van der Waals surface area contributed by atoms with E-state index in [0.29, 0.717) is 0 Å². The second-order valence-electron chi connectivity index (χ2n) is 18.2. The average molecular weight is 983 g/mol. The predicted octanol–water partition coefficient (Wildman–Crippen LogP) is 0.673. The van der Waals surface area contributed by atoms with Crippen LogP contribution in [0.5, 0.6) is 0 Å². The van der Waals surface area contributed by atoms with Crippen molar-refractivity contribution < 1.29 is 79.6 Å². The quantitative estimate of drug-likeness (QED) is 0.133. The first-order valence-corrected chi connectivity index (χ1v) is 24.1. The van der Waals surface area contributed by atoms with Gasteiger partial charge in [0.15, 0.2) is 12.1 Å². The lowest BCUT2D eigenvalue weighted by molar-refractivity contribution is -0.307. The van der Waals surface area contributed by atoms with Gasteiger partial charge in [-0.25, -0.2) is 0 Å². The molecule has 2 fully saturated rings. The summed E-state index contributed by atoms with van der Waals surface area (Å²) in [5.74, 6) is -5.30. The first-order chi connectivity index (χ1) is 32.2. The van der Waals surface area contributed by atoms with Gasteiger partial charge in [-0.1, -0.05) is 98.9 Å². The number of rotatable bonds is 5. The summed E-state index contributed by atoms with van der Waals surface area (Å²) in [6.45, 7) is 6.94. The molecular formula is C49H78N2O16S. The first-order valence-electron chi connectivity index (χ1n) is 23.5. The number of aliphatic hydroxyl groups excluding tert-OH is 9. The van der Waals surface area contributed by atoms with E-state index < -0.39 is 147 Å². The number of fused-ring (bicyclic) bond motifs is 2. The smallest absolute Gasteiger partial charge is 0.308 e. The minimum absolute atomic E-state index is 0.0931. The summed E-state index contributed by atoms with van der Waals surface area (Å²) in [6.07, 6.45) is 4.79. The molecule has 0 aromatic heterocycles. The zero-order valence-electron chi connectivity index (χ0n) is 39.5. The van der Waals surface area contributed by atoms with Gasteiger partial charge in [-0.05, 0) is 33.1 Å². The van der Waals surface area contributed by atoms with Crippen molar-refractivity contribution in [3.63, 3.8) is 0 Å². The fourth-order valence-corrected chi connectivity index (χ4v) is 8.40. The van der Waals surface area contributed by atoms with Crippen LogP contribution in [-0.4, -0.2) is 173 Å². The number of nitrogens with one attached hydrogen (secondary N) is 1. The normalized spacial score (nSPS) is 44.0. The fraction of sp³-hybridized carbons (Fsp3) is 0.673. The molecular weight excluding hydrogens is 905 g/mol. The number of cyclic esters (lactones) is 1. The minimum atomic E-state index is -2.26. The van der Waals surface area contributed by atoms with Crippen LogP contribution >= 0.6 is 12.6 Å². The highest BCUT2D eigenvalue weighted by molar-refractivity contribution is 7.80. The number of allylic oxidation sites excluding steroid dienone is 12. The van der Waals surface area contributed by atoms with Gasteiger partial charge in [0.1, 0.15) is 12.2 Å². The lowest BCUT2D eigenvalue weighted by atomic mass is 9.82. The van der Waals surface area contributed by atoms with E-state index in [2.05, 4.69) is 17.9 Å². The van der Waals surface area contributed by atoms with Crippen molar-refractivity contribution in [2.75, 3.05) is 12.3 Å². The van der Waals surface area contributed by atoms with Crippen LogP contribution in [0.3, 0.4) is 0 Å². The molecule has 2 saturated heterocycles. The van der Waals surface area contributed by atoms with Gasteiger partial charge in [-0.2, -0.15) is 12.6 Å². The second-order valence-corrected chi connectivity index (χ2v) is 18.7. The molecule has 0 aromatic rings. The van der Waals surface area contributed by atoms with Gasteiger partial charge in [0.05, 0.1) is 85.5 Å². The molecule has 1 amide bonds. The van der Waals surface area contributed by atoms with Crippen LogP contribution in [0, 0.1) is 17.8 Å². The van der Waals surface area contributed by atoms with Crippen LogP contribution in [0.25, 0.3) is 0 Å². The Hall–Kier alpha value is -3.09. The maximum absolute atomic E-state index is 13.5. The van der Waals surface area contributed by atoms with E-state index in [4.69, 9.17) is 24.7 Å². The van der Waals surface area contributed by atoms with Gasteiger partial charge in [-0.15, -0.1) is 0 Å². The van der Waals surface area contributed by atoms with E-state index in [0.717, 1.165) is 0 Å². The molecule has 0 aromatic carbocycles. The molecule has 2 bridgehead atoms. The van der Waals surface area contributed by atoms with Gasteiger partial charge < -0.3 is 81.1 Å². The molecule has 0 spiro atoms. The van der Waals surface area contributed by atoms with Crippen molar-refractivity contribution in [2.24, 2.45) is 23.5 Å². The highest BCUT2D eigenvalue weighted by Crippen LogP contribution is 2.38. The summed E-state index contributed by atoms with van der Waals surface area (Å²) in [7, 11) is 0. The number of thiol groups is 1. The van der Waals surface area contributed by atoms with Crippen LogP contribution in [-0.2, 0) is 28.5 Å². The summed E-state index contributed by atoms with van der Waals surface area (Å²) in [6, 6.07) is -1.13. The van der Waals surface area contributed by atoms with E-state index in [1.54, 1.807) is 69.4 Å². The van der Waals surface area contributed by atoms with Crippen molar-refractivity contribution in [1.82, 2.24) is 5.32 Å². The van der Waals surface area contributed by atoms with Crippen LogP contribution in [0.15, 0.2) is 85.1 Å². The molecule has 386 valence electrons. The molecule has 3 aliphatic rings. The first kappa shape index (κ1) is 59.2. The lowest BCUT2D eigenvalue weighted by Crippen LogP contribution is -2.62. The number of carbonyl (C=O) groups excluding carboxylic acids is 2. The number of nitrogens with two attached hydrogens (primary N) is 1. The molecule has 13 N–H and O–H groups in total. The molecule has 19 heteroatoms. The third-order valence-corrected chi connectivity index (χ3v) is 12.7. The van der Waals surface area contributed by atoms with E-state index in [1.807, 2.05) is 43.4 Å². The average Bonchev–Trinajstić information content (AvgIpc) is 3.26. The molecule has 3 heterocycles. The second kappa shape index (κ2) is 29.9. The number of hydrogen-bond acceptors (Lipinski definition) is 18. The Morgan fingerprint density at radius 3 is 1.91 bits per heavy atom. The maximum atomic E-state index is 13.5. The Morgan fingerprint density at radius 2 is 1.31 bits per heavy atom. The number of aliphatic hydroxyl groups is 10. The topological polar surface area (TPSA) is 311 Å².